The predicted octanol–water partition coefficient (Wildman–Crippen LogP) is 4.97. The maximum atomic E-state index is 6.16. The van der Waals surface area contributed by atoms with Crippen LogP contribution in [-0.2, 0) is 13.2 Å². The molecule has 23 heavy (non-hydrogen) atoms. The zero-order chi connectivity index (χ0) is 16.7. The molecule has 2 aromatic carbocycles. The van der Waals surface area contributed by atoms with Gasteiger partial charge in [-0.05, 0) is 39.7 Å². The van der Waals surface area contributed by atoms with Crippen LogP contribution in [-0.4, -0.2) is 13.7 Å². The molecule has 122 valence electrons. The summed E-state index contributed by atoms with van der Waals surface area (Å²) >= 11 is 9.71. The van der Waals surface area contributed by atoms with Gasteiger partial charge in [-0.1, -0.05) is 35.9 Å². The number of benzene rings is 2. The van der Waals surface area contributed by atoms with Crippen molar-refractivity contribution in [2.24, 2.45) is 0 Å². The van der Waals surface area contributed by atoms with Crippen LogP contribution in [0.5, 0.6) is 11.5 Å². The summed E-state index contributed by atoms with van der Waals surface area (Å²) in [6.07, 6.45) is 1.83. The average Bonchev–Trinajstić information content (AvgIpc) is 2.55. The number of ether oxygens (including phenoxy) is 2. The van der Waals surface area contributed by atoms with Crippen LogP contribution < -0.4 is 14.8 Å². The normalized spacial score (nSPS) is 10.4. The van der Waals surface area contributed by atoms with Crippen molar-refractivity contribution in [1.82, 2.24) is 5.32 Å². The molecule has 0 saturated heterocycles. The molecule has 0 amide bonds. The van der Waals surface area contributed by atoms with E-state index in [0.717, 1.165) is 28.7 Å². The van der Waals surface area contributed by atoms with Gasteiger partial charge in [0.2, 0.25) is 0 Å². The van der Waals surface area contributed by atoms with Crippen LogP contribution in [0.25, 0.3) is 0 Å². The summed E-state index contributed by atoms with van der Waals surface area (Å²) in [6, 6.07) is 11.6. The van der Waals surface area contributed by atoms with Crippen LogP contribution in [0.3, 0.4) is 0 Å². The van der Waals surface area contributed by atoms with Crippen molar-refractivity contribution in [3.63, 3.8) is 0 Å². The van der Waals surface area contributed by atoms with E-state index >= 15 is 0 Å². The van der Waals surface area contributed by atoms with Crippen LogP contribution in [0, 0.1) is 0 Å². The van der Waals surface area contributed by atoms with Crippen LogP contribution in [0.4, 0.5) is 0 Å². The second-order valence-electron chi connectivity index (χ2n) is 4.91. The maximum absolute atomic E-state index is 6.16. The van der Waals surface area contributed by atoms with Gasteiger partial charge in [0.1, 0.15) is 6.61 Å². The Hall–Kier alpha value is -1.49. The van der Waals surface area contributed by atoms with E-state index in [1.54, 1.807) is 7.11 Å². The fourth-order valence-electron chi connectivity index (χ4n) is 2.10. The molecule has 0 spiro atoms. The maximum Gasteiger partial charge on any atom is 0.175 e. The summed E-state index contributed by atoms with van der Waals surface area (Å²) in [5, 5.41) is 3.95. The van der Waals surface area contributed by atoms with Crippen molar-refractivity contribution in [3.05, 3.63) is 69.7 Å². The van der Waals surface area contributed by atoms with Gasteiger partial charge in [0.15, 0.2) is 11.5 Å². The zero-order valence-electron chi connectivity index (χ0n) is 12.9. The molecule has 0 aliphatic carbocycles. The van der Waals surface area contributed by atoms with Crippen LogP contribution in [0.2, 0.25) is 5.02 Å². The summed E-state index contributed by atoms with van der Waals surface area (Å²) in [6.45, 7) is 5.55. The van der Waals surface area contributed by atoms with Gasteiger partial charge in [-0.25, -0.2) is 0 Å². The topological polar surface area (TPSA) is 30.5 Å². The standard InChI is InChI=1S/C18H19BrClNO2/c1-3-8-21-11-13-9-15(19)18(17(10-13)22-2)23-12-14-6-4-5-7-16(14)20/h3-7,9-10,21H,1,8,11-12H2,2H3. The Morgan fingerprint density at radius 3 is 2.78 bits per heavy atom. The van der Waals surface area contributed by atoms with E-state index in [9.17, 15) is 0 Å². The molecule has 0 bridgehead atoms. The molecular weight excluding hydrogens is 378 g/mol. The van der Waals surface area contributed by atoms with E-state index in [1.807, 2.05) is 42.5 Å². The third-order valence-electron chi connectivity index (χ3n) is 3.24. The first-order valence-corrected chi connectivity index (χ1v) is 8.37. The largest absolute Gasteiger partial charge is 0.493 e. The highest BCUT2D eigenvalue weighted by molar-refractivity contribution is 9.10. The minimum absolute atomic E-state index is 0.378. The van der Waals surface area contributed by atoms with Gasteiger partial charge in [-0.3, -0.25) is 0 Å². The van der Waals surface area contributed by atoms with Crippen LogP contribution >= 0.6 is 27.5 Å². The molecule has 0 atom stereocenters. The van der Waals surface area contributed by atoms with E-state index in [4.69, 9.17) is 21.1 Å². The number of halogens is 2. The molecule has 0 fully saturated rings. The molecule has 0 aromatic heterocycles. The Kier molecular flexibility index (Phi) is 6.96. The molecule has 0 aliphatic heterocycles. The highest BCUT2D eigenvalue weighted by Crippen LogP contribution is 2.37. The first-order chi connectivity index (χ1) is 11.2. The number of methoxy groups -OCH3 is 1. The minimum Gasteiger partial charge on any atom is -0.493 e. The Labute approximate surface area is 150 Å². The van der Waals surface area contributed by atoms with Gasteiger partial charge in [-0.15, -0.1) is 6.58 Å². The monoisotopic (exact) mass is 395 g/mol. The third kappa shape index (κ3) is 4.99. The number of hydrogen-bond donors (Lipinski definition) is 1. The fourth-order valence-corrected chi connectivity index (χ4v) is 2.89. The minimum atomic E-state index is 0.378. The Balaban J connectivity index is 2.14. The smallest absolute Gasteiger partial charge is 0.175 e. The lowest BCUT2D eigenvalue weighted by molar-refractivity contribution is 0.282. The molecule has 3 nitrogen and oxygen atoms in total. The van der Waals surface area contributed by atoms with E-state index in [-0.39, 0.29) is 0 Å². The Bertz CT molecular complexity index is 676. The summed E-state index contributed by atoms with van der Waals surface area (Å²) in [5.74, 6) is 1.35. The van der Waals surface area contributed by atoms with E-state index < -0.39 is 0 Å². The molecule has 2 aromatic rings. The summed E-state index contributed by atoms with van der Waals surface area (Å²) in [7, 11) is 1.63. The summed E-state index contributed by atoms with van der Waals surface area (Å²) < 4.78 is 12.2. The van der Waals surface area contributed by atoms with Crippen LogP contribution in [0.15, 0.2) is 53.5 Å². The highest BCUT2D eigenvalue weighted by Gasteiger charge is 2.12. The van der Waals surface area contributed by atoms with E-state index in [1.165, 1.54) is 0 Å². The lowest BCUT2D eigenvalue weighted by atomic mass is 10.2. The molecule has 0 radical (unpaired) electrons. The lowest BCUT2D eigenvalue weighted by Crippen LogP contribution is -2.12. The molecule has 1 N–H and O–H groups in total. The van der Waals surface area contributed by atoms with Crippen molar-refractivity contribution >= 4 is 27.5 Å². The van der Waals surface area contributed by atoms with Gasteiger partial charge >= 0.3 is 0 Å². The number of rotatable bonds is 8. The van der Waals surface area contributed by atoms with Gasteiger partial charge < -0.3 is 14.8 Å². The summed E-state index contributed by atoms with van der Waals surface area (Å²) in [4.78, 5) is 0. The predicted molar refractivity (Wildman–Crippen MR) is 98.4 cm³/mol. The van der Waals surface area contributed by atoms with Crippen molar-refractivity contribution in [3.8, 4) is 11.5 Å². The quantitative estimate of drug-likeness (QED) is 0.505. The molecular formula is C18H19BrClNO2. The van der Waals surface area contributed by atoms with Crippen molar-refractivity contribution in [2.45, 2.75) is 13.2 Å². The van der Waals surface area contributed by atoms with Crippen LogP contribution in [0.1, 0.15) is 11.1 Å². The zero-order valence-corrected chi connectivity index (χ0v) is 15.3. The van der Waals surface area contributed by atoms with Gasteiger partial charge in [-0.2, -0.15) is 0 Å². The molecule has 5 heteroatoms. The highest BCUT2D eigenvalue weighted by atomic mass is 79.9. The summed E-state index contributed by atoms with van der Waals surface area (Å²) in [5.41, 5.74) is 2.03. The lowest BCUT2D eigenvalue weighted by Gasteiger charge is -2.15. The second-order valence-corrected chi connectivity index (χ2v) is 6.17. The van der Waals surface area contributed by atoms with Gasteiger partial charge in [0, 0.05) is 23.7 Å². The average molecular weight is 397 g/mol. The van der Waals surface area contributed by atoms with Crippen molar-refractivity contribution in [1.29, 1.82) is 0 Å². The Morgan fingerprint density at radius 2 is 2.09 bits per heavy atom. The number of hydrogen-bond acceptors (Lipinski definition) is 3. The molecule has 0 heterocycles. The van der Waals surface area contributed by atoms with E-state index in [0.29, 0.717) is 23.1 Å². The molecule has 0 unspecified atom stereocenters. The first kappa shape index (κ1) is 17.9. The SMILES string of the molecule is C=CCNCc1cc(Br)c(OCc2ccccc2Cl)c(OC)c1. The molecule has 2 rings (SSSR count). The van der Waals surface area contributed by atoms with Gasteiger partial charge in [0.05, 0.1) is 11.6 Å². The first-order valence-electron chi connectivity index (χ1n) is 7.20. The Morgan fingerprint density at radius 1 is 1.30 bits per heavy atom. The third-order valence-corrected chi connectivity index (χ3v) is 4.19. The molecule has 0 aliphatic rings. The number of nitrogens with one attached hydrogen (secondary N) is 1. The van der Waals surface area contributed by atoms with Crippen molar-refractivity contribution in [2.75, 3.05) is 13.7 Å². The fraction of sp³-hybridized carbons (Fsp3) is 0.222. The van der Waals surface area contributed by atoms with E-state index in [2.05, 4.69) is 27.8 Å². The second kappa shape index (κ2) is 8.96. The molecule has 0 saturated carbocycles. The van der Waals surface area contributed by atoms with Crippen molar-refractivity contribution < 1.29 is 9.47 Å². The van der Waals surface area contributed by atoms with Gasteiger partial charge in [0.25, 0.3) is 0 Å².